The molecule has 0 aliphatic heterocycles. The fourth-order valence-corrected chi connectivity index (χ4v) is 6.03. The Balaban J connectivity index is 2.15. The number of amides is 3. The summed E-state index contributed by atoms with van der Waals surface area (Å²) >= 11 is 0. The number of nitrogens with one attached hydrogen (secondary N) is 2. The van der Waals surface area contributed by atoms with Crippen LogP contribution in [-0.2, 0) is 36.7 Å². The van der Waals surface area contributed by atoms with E-state index in [1.807, 2.05) is 92.7 Å². The van der Waals surface area contributed by atoms with E-state index in [0.29, 0.717) is 12.0 Å². The van der Waals surface area contributed by atoms with Crippen molar-refractivity contribution < 1.29 is 28.7 Å². The molecule has 0 radical (unpaired) electrons. The van der Waals surface area contributed by atoms with Gasteiger partial charge >= 0.3 is 12.1 Å². The van der Waals surface area contributed by atoms with Crippen molar-refractivity contribution in [1.29, 1.82) is 0 Å². The van der Waals surface area contributed by atoms with E-state index in [4.69, 9.17) is 9.47 Å². The van der Waals surface area contributed by atoms with Gasteiger partial charge < -0.3 is 25.0 Å². The average Bonchev–Trinajstić information content (AvgIpc) is 3.05. The maximum Gasteiger partial charge on any atom is 0.408 e. The van der Waals surface area contributed by atoms with Gasteiger partial charge in [-0.15, -0.1) is 0 Å². The fraction of sp³-hybridized carbons (Fsp3) is 0.488. The Bertz CT molecular complexity index is 1610. The lowest BCUT2D eigenvalue weighted by Crippen LogP contribution is -2.55. The second-order valence-corrected chi connectivity index (χ2v) is 15.5. The van der Waals surface area contributed by atoms with E-state index in [1.165, 1.54) is 0 Å². The summed E-state index contributed by atoms with van der Waals surface area (Å²) < 4.78 is 11.4. The van der Waals surface area contributed by atoms with E-state index < -0.39 is 53.2 Å². The van der Waals surface area contributed by atoms with Gasteiger partial charge in [-0.1, -0.05) is 111 Å². The number of carbonyl (C=O) groups excluding carboxylic acids is 4. The van der Waals surface area contributed by atoms with Gasteiger partial charge in [0.15, 0.2) is 0 Å². The predicted molar refractivity (Wildman–Crippen MR) is 206 cm³/mol. The SMILES string of the molecule is CCCCCCN(C(=O)C(Cc1ccccc1)NC(=O)OC(C)(C)C)C(C(=O)NC(Cc1ccccc1)C(=O)OC(C)(C)C)c1ccc(C)cc1C. The smallest absolute Gasteiger partial charge is 0.408 e. The molecule has 9 heteroatoms. The average molecular weight is 714 g/mol. The molecule has 282 valence electrons. The maximum atomic E-state index is 15.0. The highest BCUT2D eigenvalue weighted by Gasteiger charge is 2.39. The Kier molecular flexibility index (Phi) is 15.5. The summed E-state index contributed by atoms with van der Waals surface area (Å²) in [5, 5.41) is 5.84. The summed E-state index contributed by atoms with van der Waals surface area (Å²) in [6.45, 7) is 16.9. The Morgan fingerprint density at radius 1 is 0.692 bits per heavy atom. The lowest BCUT2D eigenvalue weighted by molar-refractivity contribution is -0.159. The van der Waals surface area contributed by atoms with Crippen LogP contribution in [0.25, 0.3) is 0 Å². The van der Waals surface area contributed by atoms with Gasteiger partial charge in [0.2, 0.25) is 11.8 Å². The second-order valence-electron chi connectivity index (χ2n) is 15.5. The molecule has 3 unspecified atom stereocenters. The van der Waals surface area contributed by atoms with Crippen molar-refractivity contribution in [1.82, 2.24) is 15.5 Å². The Morgan fingerprint density at radius 3 is 1.77 bits per heavy atom. The number of nitrogens with zero attached hydrogens (tertiary/aromatic N) is 1. The molecule has 3 rings (SSSR count). The normalized spacial score (nSPS) is 13.3. The minimum atomic E-state index is -1.12. The molecule has 3 aromatic carbocycles. The van der Waals surface area contributed by atoms with Gasteiger partial charge in [0.05, 0.1) is 0 Å². The number of unbranched alkanes of at least 4 members (excludes halogenated alkanes) is 3. The van der Waals surface area contributed by atoms with Crippen molar-refractivity contribution in [3.05, 3.63) is 107 Å². The Labute approximate surface area is 310 Å². The lowest BCUT2D eigenvalue weighted by atomic mass is 9.94. The van der Waals surface area contributed by atoms with Gasteiger partial charge in [-0.25, -0.2) is 9.59 Å². The van der Waals surface area contributed by atoms with Crippen LogP contribution in [-0.4, -0.2) is 58.6 Å². The van der Waals surface area contributed by atoms with Crippen molar-refractivity contribution in [2.75, 3.05) is 6.54 Å². The number of aryl methyl sites for hydroxylation is 2. The van der Waals surface area contributed by atoms with Gasteiger partial charge in [0, 0.05) is 19.4 Å². The number of carbonyl (C=O) groups is 4. The van der Waals surface area contributed by atoms with E-state index in [2.05, 4.69) is 17.6 Å². The highest BCUT2D eigenvalue weighted by Crippen LogP contribution is 2.28. The van der Waals surface area contributed by atoms with Crippen molar-refractivity contribution in [2.45, 2.75) is 130 Å². The van der Waals surface area contributed by atoms with E-state index >= 15 is 0 Å². The molecule has 9 nitrogen and oxygen atoms in total. The van der Waals surface area contributed by atoms with Crippen LogP contribution in [0.5, 0.6) is 0 Å². The summed E-state index contributed by atoms with van der Waals surface area (Å²) in [7, 11) is 0. The molecule has 0 aliphatic rings. The van der Waals surface area contributed by atoms with E-state index in [-0.39, 0.29) is 19.4 Å². The molecule has 0 fully saturated rings. The third-order valence-electron chi connectivity index (χ3n) is 8.38. The molecule has 0 spiro atoms. The number of ether oxygens (including phenoxy) is 2. The van der Waals surface area contributed by atoms with Gasteiger partial charge in [-0.05, 0) is 84.1 Å². The zero-order valence-corrected chi connectivity index (χ0v) is 32.6. The topological polar surface area (TPSA) is 114 Å². The molecule has 3 atom stereocenters. The molecular weight excluding hydrogens is 654 g/mol. The zero-order chi connectivity index (χ0) is 38.5. The van der Waals surface area contributed by atoms with Gasteiger partial charge in [-0.2, -0.15) is 0 Å². The number of benzene rings is 3. The van der Waals surface area contributed by atoms with Crippen LogP contribution in [0.2, 0.25) is 0 Å². The monoisotopic (exact) mass is 713 g/mol. The molecular formula is C43H59N3O6. The molecule has 0 aliphatic carbocycles. The lowest BCUT2D eigenvalue weighted by Gasteiger charge is -2.36. The van der Waals surface area contributed by atoms with Crippen LogP contribution >= 0.6 is 0 Å². The summed E-state index contributed by atoms with van der Waals surface area (Å²) in [4.78, 5) is 58.3. The van der Waals surface area contributed by atoms with Crippen LogP contribution in [0.15, 0.2) is 78.9 Å². The first-order valence-electron chi connectivity index (χ1n) is 18.5. The van der Waals surface area contributed by atoms with Crippen LogP contribution in [0.1, 0.15) is 108 Å². The van der Waals surface area contributed by atoms with Crippen LogP contribution in [0, 0.1) is 13.8 Å². The standard InChI is InChI=1S/C43H59N3O6/c1-10-11-12-19-26-46(39(48)35(28-32-20-15-13-16-21-32)45-41(50)52-43(7,8)9)37(34-25-24-30(2)27-31(34)3)38(47)44-36(40(49)51-42(4,5)6)29-33-22-17-14-18-23-33/h13-18,20-25,27,35-37H,10-12,19,26,28-29H2,1-9H3,(H,44,47)(H,45,50). The Hall–Kier alpha value is -4.66. The molecule has 2 N–H and O–H groups in total. The number of rotatable bonds is 16. The molecule has 0 aromatic heterocycles. The zero-order valence-electron chi connectivity index (χ0n) is 32.6. The van der Waals surface area contributed by atoms with Crippen LogP contribution in [0.4, 0.5) is 4.79 Å². The van der Waals surface area contributed by atoms with Gasteiger partial charge in [-0.3, -0.25) is 9.59 Å². The summed E-state index contributed by atoms with van der Waals surface area (Å²) in [6.07, 6.45) is 3.08. The largest absolute Gasteiger partial charge is 0.458 e. The highest BCUT2D eigenvalue weighted by molar-refractivity contribution is 5.94. The van der Waals surface area contributed by atoms with E-state index in [0.717, 1.165) is 41.5 Å². The number of hydrogen-bond acceptors (Lipinski definition) is 6. The quantitative estimate of drug-likeness (QED) is 0.115. The van der Waals surface area contributed by atoms with Crippen LogP contribution < -0.4 is 10.6 Å². The van der Waals surface area contributed by atoms with Gasteiger partial charge in [0.1, 0.15) is 29.3 Å². The van der Waals surface area contributed by atoms with Crippen molar-refractivity contribution in [2.24, 2.45) is 0 Å². The number of esters is 1. The molecule has 3 amide bonds. The van der Waals surface area contributed by atoms with Crippen molar-refractivity contribution >= 4 is 23.9 Å². The van der Waals surface area contributed by atoms with E-state index in [1.54, 1.807) is 46.4 Å². The van der Waals surface area contributed by atoms with E-state index in [9.17, 15) is 19.2 Å². The first-order valence-corrected chi connectivity index (χ1v) is 18.5. The summed E-state index contributed by atoms with van der Waals surface area (Å²) in [5.74, 6) is -1.51. The van der Waals surface area contributed by atoms with Gasteiger partial charge in [0.25, 0.3) is 0 Å². The third kappa shape index (κ3) is 13.8. The molecule has 0 bridgehead atoms. The maximum absolute atomic E-state index is 15.0. The predicted octanol–water partition coefficient (Wildman–Crippen LogP) is 7.96. The minimum Gasteiger partial charge on any atom is -0.458 e. The number of hydrogen-bond donors (Lipinski definition) is 2. The molecule has 0 saturated heterocycles. The molecule has 3 aromatic rings. The number of alkyl carbamates (subject to hydrolysis) is 1. The third-order valence-corrected chi connectivity index (χ3v) is 8.38. The first kappa shape index (κ1) is 41.8. The molecule has 0 saturated carbocycles. The first-order chi connectivity index (χ1) is 24.5. The summed E-state index contributed by atoms with van der Waals surface area (Å²) in [5.41, 5.74) is 2.56. The highest BCUT2D eigenvalue weighted by atomic mass is 16.6. The minimum absolute atomic E-state index is 0.181. The van der Waals surface area contributed by atoms with Crippen molar-refractivity contribution in [3.8, 4) is 0 Å². The Morgan fingerprint density at radius 2 is 1.25 bits per heavy atom. The molecule has 52 heavy (non-hydrogen) atoms. The molecule has 0 heterocycles. The second kappa shape index (κ2) is 19.3. The summed E-state index contributed by atoms with van der Waals surface area (Å²) in [6, 6.07) is 21.4. The fourth-order valence-electron chi connectivity index (χ4n) is 6.03. The van der Waals surface area contributed by atoms with Crippen LogP contribution in [0.3, 0.4) is 0 Å². The van der Waals surface area contributed by atoms with Crippen molar-refractivity contribution in [3.63, 3.8) is 0 Å².